The molecule has 24 heavy (non-hydrogen) atoms. The van der Waals surface area contributed by atoms with Gasteiger partial charge in [-0.1, -0.05) is 19.1 Å². The second kappa shape index (κ2) is 7.53. The van der Waals surface area contributed by atoms with Crippen molar-refractivity contribution in [3.63, 3.8) is 0 Å². The first-order valence-corrected chi connectivity index (χ1v) is 7.94. The third kappa shape index (κ3) is 5.21. The van der Waals surface area contributed by atoms with E-state index in [9.17, 15) is 23.1 Å². The summed E-state index contributed by atoms with van der Waals surface area (Å²) in [4.78, 5) is 12.1. The molecule has 0 aliphatic carbocycles. The van der Waals surface area contributed by atoms with Crippen LogP contribution in [-0.4, -0.2) is 36.4 Å². The molecule has 1 heterocycles. The lowest BCUT2D eigenvalue weighted by atomic mass is 9.93. The van der Waals surface area contributed by atoms with E-state index in [0.717, 1.165) is 12.1 Å². The number of nitrogens with one attached hydrogen (secondary N) is 1. The van der Waals surface area contributed by atoms with Crippen LogP contribution in [0.1, 0.15) is 30.9 Å². The summed E-state index contributed by atoms with van der Waals surface area (Å²) in [6.45, 7) is 2.80. The minimum Gasteiger partial charge on any atom is -0.388 e. The smallest absolute Gasteiger partial charge is 0.388 e. The van der Waals surface area contributed by atoms with Gasteiger partial charge in [-0.3, -0.25) is 4.79 Å². The van der Waals surface area contributed by atoms with Gasteiger partial charge in [-0.15, -0.1) is 0 Å². The molecular weight excluding hydrogens is 323 g/mol. The lowest BCUT2D eigenvalue weighted by molar-refractivity contribution is -0.137. The zero-order valence-corrected chi connectivity index (χ0v) is 13.5. The molecule has 0 spiro atoms. The molecule has 0 radical (unpaired) electrons. The van der Waals surface area contributed by atoms with Gasteiger partial charge in [0.1, 0.15) is 0 Å². The van der Waals surface area contributed by atoms with E-state index in [2.05, 4.69) is 5.32 Å². The van der Waals surface area contributed by atoms with Crippen LogP contribution in [0.25, 0.3) is 0 Å². The van der Waals surface area contributed by atoms with E-state index in [1.807, 2.05) is 0 Å². The van der Waals surface area contributed by atoms with Crippen LogP contribution in [0.4, 0.5) is 13.2 Å². The van der Waals surface area contributed by atoms with Crippen molar-refractivity contribution in [2.24, 2.45) is 5.92 Å². The number of ether oxygens (including phenoxy) is 1. The Morgan fingerprint density at radius 1 is 1.29 bits per heavy atom. The Balaban J connectivity index is 1.85. The van der Waals surface area contributed by atoms with E-state index in [4.69, 9.17) is 4.74 Å². The minimum atomic E-state index is -4.36. The molecule has 2 N–H and O–H groups in total. The SMILES string of the molecule is CC(Cc1ccc(C(F)(F)F)cc1)C(=O)NCC1(O)CCOCC1. The lowest BCUT2D eigenvalue weighted by Gasteiger charge is -2.32. The first kappa shape index (κ1) is 18.7. The molecular formula is C17H22F3NO3. The molecule has 2 rings (SSSR count). The molecule has 1 fully saturated rings. The molecule has 1 atom stereocenters. The van der Waals surface area contributed by atoms with Gasteiger partial charge in [0.2, 0.25) is 5.91 Å². The molecule has 134 valence electrons. The highest BCUT2D eigenvalue weighted by atomic mass is 19.4. The summed E-state index contributed by atoms with van der Waals surface area (Å²) in [6, 6.07) is 4.81. The molecule has 4 nitrogen and oxygen atoms in total. The summed E-state index contributed by atoms with van der Waals surface area (Å²) in [7, 11) is 0. The minimum absolute atomic E-state index is 0.159. The Labute approximate surface area is 139 Å². The second-order valence-electron chi connectivity index (χ2n) is 6.35. The summed E-state index contributed by atoms with van der Waals surface area (Å²) in [5.41, 5.74) is -0.984. The van der Waals surface area contributed by atoms with Crippen molar-refractivity contribution in [2.45, 2.75) is 38.0 Å². The molecule has 1 amide bonds. The third-order valence-corrected chi connectivity index (χ3v) is 4.29. The van der Waals surface area contributed by atoms with Crippen LogP contribution >= 0.6 is 0 Å². The van der Waals surface area contributed by atoms with Crippen molar-refractivity contribution in [3.8, 4) is 0 Å². The Hall–Kier alpha value is -1.60. The van der Waals surface area contributed by atoms with Crippen LogP contribution in [0, 0.1) is 5.92 Å². The van der Waals surface area contributed by atoms with Crippen molar-refractivity contribution >= 4 is 5.91 Å². The van der Waals surface area contributed by atoms with Crippen LogP contribution in [0.5, 0.6) is 0 Å². The van der Waals surface area contributed by atoms with E-state index in [1.165, 1.54) is 12.1 Å². The summed E-state index contributed by atoms with van der Waals surface area (Å²) in [5.74, 6) is -0.625. The van der Waals surface area contributed by atoms with Gasteiger partial charge in [0.05, 0.1) is 11.2 Å². The Morgan fingerprint density at radius 2 is 1.88 bits per heavy atom. The number of hydrogen-bond acceptors (Lipinski definition) is 3. The van der Waals surface area contributed by atoms with Gasteiger partial charge < -0.3 is 15.2 Å². The number of alkyl halides is 3. The lowest BCUT2D eigenvalue weighted by Crippen LogP contribution is -2.47. The maximum Gasteiger partial charge on any atom is 0.416 e. The normalized spacial score (nSPS) is 18.9. The molecule has 1 aromatic rings. The number of benzene rings is 1. The zero-order chi connectivity index (χ0) is 17.8. The number of halogens is 3. The van der Waals surface area contributed by atoms with Crippen LogP contribution in [0.3, 0.4) is 0 Å². The molecule has 1 aromatic carbocycles. The number of rotatable bonds is 5. The number of hydrogen-bond donors (Lipinski definition) is 2. The van der Waals surface area contributed by atoms with Gasteiger partial charge in [-0.25, -0.2) is 0 Å². The fourth-order valence-corrected chi connectivity index (χ4v) is 2.63. The van der Waals surface area contributed by atoms with E-state index < -0.39 is 23.3 Å². The summed E-state index contributed by atoms with van der Waals surface area (Å²) >= 11 is 0. The van der Waals surface area contributed by atoms with Crippen molar-refractivity contribution in [1.29, 1.82) is 0 Å². The molecule has 1 saturated heterocycles. The predicted molar refractivity (Wildman–Crippen MR) is 82.3 cm³/mol. The predicted octanol–water partition coefficient (Wildman–Crippen LogP) is 2.54. The van der Waals surface area contributed by atoms with Crippen molar-refractivity contribution in [1.82, 2.24) is 5.32 Å². The summed E-state index contributed by atoms with van der Waals surface area (Å²) in [5, 5.41) is 13.0. The molecule has 1 aliphatic heterocycles. The molecule has 0 bridgehead atoms. The fraction of sp³-hybridized carbons (Fsp3) is 0.588. The van der Waals surface area contributed by atoms with Crippen molar-refractivity contribution in [3.05, 3.63) is 35.4 Å². The van der Waals surface area contributed by atoms with Gasteiger partial charge in [0, 0.05) is 38.5 Å². The van der Waals surface area contributed by atoms with E-state index >= 15 is 0 Å². The maximum absolute atomic E-state index is 12.5. The van der Waals surface area contributed by atoms with Gasteiger partial charge >= 0.3 is 6.18 Å². The first-order chi connectivity index (χ1) is 11.2. The van der Waals surface area contributed by atoms with Crippen LogP contribution in [0.2, 0.25) is 0 Å². The molecule has 0 aromatic heterocycles. The monoisotopic (exact) mass is 345 g/mol. The molecule has 7 heteroatoms. The topological polar surface area (TPSA) is 58.6 Å². The van der Waals surface area contributed by atoms with Gasteiger partial charge in [-0.05, 0) is 24.1 Å². The number of carbonyl (C=O) groups is 1. The van der Waals surface area contributed by atoms with E-state index in [-0.39, 0.29) is 12.5 Å². The average Bonchev–Trinajstić information content (AvgIpc) is 2.53. The van der Waals surface area contributed by atoms with Gasteiger partial charge in [-0.2, -0.15) is 13.2 Å². The maximum atomic E-state index is 12.5. The average molecular weight is 345 g/mol. The highest BCUT2D eigenvalue weighted by Crippen LogP contribution is 2.29. The van der Waals surface area contributed by atoms with Gasteiger partial charge in [0.25, 0.3) is 0 Å². The van der Waals surface area contributed by atoms with Crippen molar-refractivity contribution < 1.29 is 27.8 Å². The largest absolute Gasteiger partial charge is 0.416 e. The second-order valence-corrected chi connectivity index (χ2v) is 6.35. The quantitative estimate of drug-likeness (QED) is 0.862. The standard InChI is InChI=1S/C17H22F3NO3/c1-12(10-13-2-4-14(5-3-13)17(18,19)20)15(22)21-11-16(23)6-8-24-9-7-16/h2-5,12,23H,6-11H2,1H3,(H,21,22). The van der Waals surface area contributed by atoms with Crippen LogP contribution in [-0.2, 0) is 22.1 Å². The number of carbonyl (C=O) groups excluding carboxylic acids is 1. The number of amides is 1. The molecule has 0 saturated carbocycles. The Morgan fingerprint density at radius 3 is 2.42 bits per heavy atom. The van der Waals surface area contributed by atoms with Crippen molar-refractivity contribution in [2.75, 3.05) is 19.8 Å². The first-order valence-electron chi connectivity index (χ1n) is 7.94. The van der Waals surface area contributed by atoms with Crippen LogP contribution < -0.4 is 5.32 Å². The molecule has 1 unspecified atom stereocenters. The van der Waals surface area contributed by atoms with E-state index in [1.54, 1.807) is 6.92 Å². The Bertz CT molecular complexity index is 551. The van der Waals surface area contributed by atoms with E-state index in [0.29, 0.717) is 38.0 Å². The molecule has 1 aliphatic rings. The zero-order valence-electron chi connectivity index (χ0n) is 13.5. The summed E-state index contributed by atoms with van der Waals surface area (Å²) < 4.78 is 42.8. The highest BCUT2D eigenvalue weighted by molar-refractivity contribution is 5.78. The third-order valence-electron chi connectivity index (χ3n) is 4.29. The highest BCUT2D eigenvalue weighted by Gasteiger charge is 2.31. The Kier molecular flexibility index (Phi) is 5.87. The van der Waals surface area contributed by atoms with Crippen LogP contribution in [0.15, 0.2) is 24.3 Å². The number of aliphatic hydroxyl groups is 1. The fourth-order valence-electron chi connectivity index (χ4n) is 2.63. The van der Waals surface area contributed by atoms with Gasteiger partial charge in [0.15, 0.2) is 0 Å². The summed E-state index contributed by atoms with van der Waals surface area (Å²) in [6.07, 6.45) is -3.08.